The highest BCUT2D eigenvalue weighted by Crippen LogP contribution is 2.26. The summed E-state index contributed by atoms with van der Waals surface area (Å²) in [6.07, 6.45) is 0. The lowest BCUT2D eigenvalue weighted by Crippen LogP contribution is -2.21. The number of nitriles is 1. The summed E-state index contributed by atoms with van der Waals surface area (Å²) in [5, 5.41) is 9.55. The van der Waals surface area contributed by atoms with E-state index in [9.17, 15) is 0 Å². The van der Waals surface area contributed by atoms with Gasteiger partial charge in [-0.2, -0.15) is 5.26 Å². The summed E-state index contributed by atoms with van der Waals surface area (Å²) in [4.78, 5) is 2.17. The molecule has 3 heteroatoms. The standard InChI is InChI=1S/C16H15ClN2/c1-12(14-5-7-15(17)8-6-14)19(2)16-9-3-13(11-18)4-10-16/h3-10,12H,1-2H3. The Morgan fingerprint density at radius 1 is 1.05 bits per heavy atom. The second-order valence-corrected chi connectivity index (χ2v) is 4.93. The van der Waals surface area contributed by atoms with Gasteiger partial charge in [-0.3, -0.25) is 0 Å². The fourth-order valence-corrected chi connectivity index (χ4v) is 2.09. The number of benzene rings is 2. The number of rotatable bonds is 3. The van der Waals surface area contributed by atoms with Gasteiger partial charge in [0.25, 0.3) is 0 Å². The molecule has 0 spiro atoms. The first kappa shape index (κ1) is 13.5. The molecule has 0 fully saturated rings. The third kappa shape index (κ3) is 3.07. The molecule has 0 heterocycles. The average molecular weight is 271 g/mol. The topological polar surface area (TPSA) is 27.0 Å². The van der Waals surface area contributed by atoms with E-state index in [1.165, 1.54) is 5.56 Å². The molecule has 0 aliphatic carbocycles. The highest BCUT2D eigenvalue weighted by molar-refractivity contribution is 6.30. The zero-order valence-electron chi connectivity index (χ0n) is 11.0. The van der Waals surface area contributed by atoms with Crippen LogP contribution in [0.4, 0.5) is 5.69 Å². The van der Waals surface area contributed by atoms with Crippen molar-refractivity contribution >= 4 is 17.3 Å². The highest BCUT2D eigenvalue weighted by Gasteiger charge is 2.12. The maximum absolute atomic E-state index is 8.80. The fourth-order valence-electron chi connectivity index (χ4n) is 1.96. The van der Waals surface area contributed by atoms with E-state index < -0.39 is 0 Å². The van der Waals surface area contributed by atoms with Crippen LogP contribution in [0.5, 0.6) is 0 Å². The highest BCUT2D eigenvalue weighted by atomic mass is 35.5. The number of anilines is 1. The van der Waals surface area contributed by atoms with Gasteiger partial charge in [-0.1, -0.05) is 23.7 Å². The Kier molecular flexibility index (Phi) is 4.09. The SMILES string of the molecule is CC(c1ccc(Cl)cc1)N(C)c1ccc(C#N)cc1. The van der Waals surface area contributed by atoms with Crippen molar-refractivity contribution in [1.82, 2.24) is 0 Å². The number of hydrogen-bond donors (Lipinski definition) is 0. The minimum absolute atomic E-state index is 0.241. The summed E-state index contributed by atoms with van der Waals surface area (Å²) >= 11 is 5.90. The van der Waals surface area contributed by atoms with Gasteiger partial charge in [-0.05, 0) is 48.9 Å². The van der Waals surface area contributed by atoms with E-state index in [1.807, 2.05) is 55.6 Å². The Bertz CT molecular complexity index is 582. The zero-order chi connectivity index (χ0) is 13.8. The van der Waals surface area contributed by atoms with Crippen LogP contribution in [-0.2, 0) is 0 Å². The summed E-state index contributed by atoms with van der Waals surface area (Å²) in [6.45, 7) is 2.14. The normalized spacial score (nSPS) is 11.7. The van der Waals surface area contributed by atoms with E-state index in [4.69, 9.17) is 16.9 Å². The van der Waals surface area contributed by atoms with E-state index in [2.05, 4.69) is 17.9 Å². The monoisotopic (exact) mass is 270 g/mol. The molecule has 0 bridgehead atoms. The molecule has 0 aliphatic rings. The number of hydrogen-bond acceptors (Lipinski definition) is 2. The van der Waals surface area contributed by atoms with Crippen molar-refractivity contribution in [2.24, 2.45) is 0 Å². The lowest BCUT2D eigenvalue weighted by Gasteiger charge is -2.27. The first-order valence-electron chi connectivity index (χ1n) is 6.10. The van der Waals surface area contributed by atoms with Gasteiger partial charge in [0.2, 0.25) is 0 Å². The van der Waals surface area contributed by atoms with Crippen LogP contribution in [0.1, 0.15) is 24.1 Å². The minimum Gasteiger partial charge on any atom is -0.368 e. The molecule has 2 aromatic rings. The summed E-state index contributed by atoms with van der Waals surface area (Å²) in [5.74, 6) is 0. The van der Waals surface area contributed by atoms with Crippen molar-refractivity contribution in [2.75, 3.05) is 11.9 Å². The second kappa shape index (κ2) is 5.77. The van der Waals surface area contributed by atoms with Crippen molar-refractivity contribution in [3.05, 3.63) is 64.7 Å². The van der Waals surface area contributed by atoms with E-state index in [0.29, 0.717) is 5.56 Å². The Balaban J connectivity index is 2.20. The largest absolute Gasteiger partial charge is 0.368 e. The molecule has 19 heavy (non-hydrogen) atoms. The molecule has 1 unspecified atom stereocenters. The Morgan fingerprint density at radius 2 is 1.63 bits per heavy atom. The van der Waals surface area contributed by atoms with Crippen molar-refractivity contribution in [1.29, 1.82) is 5.26 Å². The molecule has 96 valence electrons. The van der Waals surface area contributed by atoms with E-state index in [1.54, 1.807) is 0 Å². The third-order valence-corrected chi connectivity index (χ3v) is 3.59. The lowest BCUT2D eigenvalue weighted by atomic mass is 10.1. The van der Waals surface area contributed by atoms with Crippen molar-refractivity contribution in [3.63, 3.8) is 0 Å². The van der Waals surface area contributed by atoms with E-state index in [-0.39, 0.29) is 6.04 Å². The molecule has 0 aromatic heterocycles. The van der Waals surface area contributed by atoms with E-state index >= 15 is 0 Å². The van der Waals surface area contributed by atoms with Gasteiger partial charge in [-0.25, -0.2) is 0 Å². The Morgan fingerprint density at radius 3 is 2.16 bits per heavy atom. The van der Waals surface area contributed by atoms with Gasteiger partial charge in [0.1, 0.15) is 0 Å². The molecular formula is C16H15ClN2. The molecular weight excluding hydrogens is 256 g/mol. The van der Waals surface area contributed by atoms with Crippen LogP contribution >= 0.6 is 11.6 Å². The van der Waals surface area contributed by atoms with Crippen LogP contribution in [0.25, 0.3) is 0 Å². The third-order valence-electron chi connectivity index (χ3n) is 3.34. The van der Waals surface area contributed by atoms with Crippen LogP contribution < -0.4 is 4.90 Å². The quantitative estimate of drug-likeness (QED) is 0.826. The fraction of sp³-hybridized carbons (Fsp3) is 0.188. The van der Waals surface area contributed by atoms with Crippen LogP contribution in [0.3, 0.4) is 0 Å². The summed E-state index contributed by atoms with van der Waals surface area (Å²) in [5.41, 5.74) is 2.97. The van der Waals surface area contributed by atoms with Crippen LogP contribution in [0, 0.1) is 11.3 Å². The molecule has 0 amide bonds. The Labute approximate surface area is 118 Å². The molecule has 2 aromatic carbocycles. The first-order valence-corrected chi connectivity index (χ1v) is 6.48. The molecule has 0 radical (unpaired) electrons. The molecule has 0 aliphatic heterocycles. The van der Waals surface area contributed by atoms with Crippen molar-refractivity contribution in [3.8, 4) is 6.07 Å². The molecule has 2 rings (SSSR count). The smallest absolute Gasteiger partial charge is 0.0991 e. The van der Waals surface area contributed by atoms with E-state index in [0.717, 1.165) is 10.7 Å². The molecule has 0 N–H and O–H groups in total. The van der Waals surface area contributed by atoms with Crippen LogP contribution in [-0.4, -0.2) is 7.05 Å². The Hall–Kier alpha value is -1.98. The van der Waals surface area contributed by atoms with Crippen LogP contribution in [0.15, 0.2) is 48.5 Å². The predicted octanol–water partition coefficient (Wildman–Crippen LogP) is 4.41. The average Bonchev–Trinajstić information content (AvgIpc) is 2.46. The maximum Gasteiger partial charge on any atom is 0.0991 e. The maximum atomic E-state index is 8.80. The molecule has 2 nitrogen and oxygen atoms in total. The lowest BCUT2D eigenvalue weighted by molar-refractivity contribution is 0.740. The summed E-state index contributed by atoms with van der Waals surface area (Å²) in [7, 11) is 2.04. The second-order valence-electron chi connectivity index (χ2n) is 4.50. The van der Waals surface area contributed by atoms with Gasteiger partial charge < -0.3 is 4.90 Å². The summed E-state index contributed by atoms with van der Waals surface area (Å²) in [6, 6.07) is 17.8. The zero-order valence-corrected chi connectivity index (χ0v) is 11.7. The minimum atomic E-state index is 0.241. The number of nitrogens with zero attached hydrogens (tertiary/aromatic N) is 2. The van der Waals surface area contributed by atoms with Gasteiger partial charge in [0.05, 0.1) is 17.7 Å². The predicted molar refractivity (Wildman–Crippen MR) is 79.4 cm³/mol. The van der Waals surface area contributed by atoms with Gasteiger partial charge in [-0.15, -0.1) is 0 Å². The van der Waals surface area contributed by atoms with Gasteiger partial charge >= 0.3 is 0 Å². The van der Waals surface area contributed by atoms with Crippen molar-refractivity contribution < 1.29 is 0 Å². The van der Waals surface area contributed by atoms with Crippen molar-refractivity contribution in [2.45, 2.75) is 13.0 Å². The van der Waals surface area contributed by atoms with Crippen LogP contribution in [0.2, 0.25) is 5.02 Å². The summed E-state index contributed by atoms with van der Waals surface area (Å²) < 4.78 is 0. The first-order chi connectivity index (χ1) is 9.11. The molecule has 1 atom stereocenters. The van der Waals surface area contributed by atoms with Gasteiger partial charge in [0, 0.05) is 17.8 Å². The molecule has 0 saturated carbocycles. The number of halogens is 1. The molecule has 0 saturated heterocycles. The van der Waals surface area contributed by atoms with Gasteiger partial charge in [0.15, 0.2) is 0 Å².